The van der Waals surface area contributed by atoms with Crippen LogP contribution in [0.4, 0.5) is 24.8 Å². The van der Waals surface area contributed by atoms with Crippen LogP contribution in [0.3, 0.4) is 0 Å². The minimum atomic E-state index is -4.47. The molecule has 10 heteroatoms. The van der Waals surface area contributed by atoms with Gasteiger partial charge < -0.3 is 15.1 Å². The Morgan fingerprint density at radius 3 is 2.61 bits per heavy atom. The van der Waals surface area contributed by atoms with E-state index in [0.717, 1.165) is 69.3 Å². The molecule has 4 heterocycles. The van der Waals surface area contributed by atoms with Crippen molar-refractivity contribution in [3.8, 4) is 0 Å². The second-order valence-corrected chi connectivity index (χ2v) is 7.35. The second-order valence-electron chi connectivity index (χ2n) is 7.35. The second kappa shape index (κ2) is 7.50. The molecule has 7 nitrogen and oxygen atoms in total. The van der Waals surface area contributed by atoms with Crippen LogP contribution in [0.1, 0.15) is 29.8 Å². The SMILES string of the molecule is CN1CCc2nnc(N3CCC(Nc4cc(C(F)(F)F)ncn4)CC3)cc2C1. The lowest BCUT2D eigenvalue weighted by Crippen LogP contribution is -2.40. The number of likely N-dealkylation sites (N-methyl/N-ethyl adjacent to an activating group) is 1. The van der Waals surface area contributed by atoms with E-state index in [1.165, 1.54) is 5.56 Å². The molecule has 1 fully saturated rings. The zero-order valence-electron chi connectivity index (χ0n) is 15.6. The van der Waals surface area contributed by atoms with Crippen molar-refractivity contribution in [3.05, 3.63) is 35.4 Å². The van der Waals surface area contributed by atoms with Gasteiger partial charge in [0, 0.05) is 44.7 Å². The van der Waals surface area contributed by atoms with Gasteiger partial charge in [0.2, 0.25) is 0 Å². The fourth-order valence-corrected chi connectivity index (χ4v) is 3.67. The molecule has 1 saturated heterocycles. The zero-order chi connectivity index (χ0) is 19.7. The summed E-state index contributed by atoms with van der Waals surface area (Å²) in [5.41, 5.74) is 1.36. The van der Waals surface area contributed by atoms with E-state index >= 15 is 0 Å². The molecule has 2 aliphatic heterocycles. The van der Waals surface area contributed by atoms with Gasteiger partial charge in [0.15, 0.2) is 5.82 Å². The van der Waals surface area contributed by atoms with Gasteiger partial charge in [0.25, 0.3) is 0 Å². The first-order valence-corrected chi connectivity index (χ1v) is 9.33. The van der Waals surface area contributed by atoms with Crippen LogP contribution < -0.4 is 10.2 Å². The number of rotatable bonds is 3. The summed E-state index contributed by atoms with van der Waals surface area (Å²) in [4.78, 5) is 11.7. The van der Waals surface area contributed by atoms with Gasteiger partial charge in [0.1, 0.15) is 17.8 Å². The molecular formula is C18H22F3N7. The fourth-order valence-electron chi connectivity index (χ4n) is 3.67. The first kappa shape index (κ1) is 18.9. The number of piperidine rings is 1. The standard InChI is InChI=1S/C18H22F3N7/c1-27-5-4-14-12(10-27)8-17(26-25-14)28-6-2-13(3-7-28)24-16-9-15(18(19,20)21)22-11-23-16/h8-9,11,13H,2-7,10H2,1H3,(H,22,23,24). The number of anilines is 2. The Morgan fingerprint density at radius 2 is 1.86 bits per heavy atom. The van der Waals surface area contributed by atoms with Gasteiger partial charge in [-0.3, -0.25) is 0 Å². The maximum Gasteiger partial charge on any atom is 0.433 e. The number of halogens is 3. The maximum absolute atomic E-state index is 12.8. The van der Waals surface area contributed by atoms with Crippen molar-refractivity contribution in [2.45, 2.75) is 38.0 Å². The molecule has 0 saturated carbocycles. The smallest absolute Gasteiger partial charge is 0.367 e. The molecule has 1 N–H and O–H groups in total. The molecule has 0 bridgehead atoms. The summed E-state index contributed by atoms with van der Waals surface area (Å²) >= 11 is 0. The number of hydrogen-bond donors (Lipinski definition) is 1. The van der Waals surface area contributed by atoms with Crippen LogP contribution in [-0.4, -0.2) is 57.8 Å². The number of nitrogens with zero attached hydrogens (tertiary/aromatic N) is 6. The van der Waals surface area contributed by atoms with E-state index in [2.05, 4.69) is 48.4 Å². The average Bonchev–Trinajstić information content (AvgIpc) is 2.67. The molecule has 2 aliphatic rings. The Balaban J connectivity index is 1.37. The minimum Gasteiger partial charge on any atom is -0.367 e. The van der Waals surface area contributed by atoms with Gasteiger partial charge in [0.05, 0.1) is 5.69 Å². The van der Waals surface area contributed by atoms with Gasteiger partial charge in [-0.25, -0.2) is 9.97 Å². The van der Waals surface area contributed by atoms with Crippen LogP contribution in [-0.2, 0) is 19.1 Å². The molecule has 28 heavy (non-hydrogen) atoms. The summed E-state index contributed by atoms with van der Waals surface area (Å²) in [5, 5.41) is 11.9. The molecular weight excluding hydrogens is 371 g/mol. The Kier molecular flexibility index (Phi) is 5.05. The van der Waals surface area contributed by atoms with Crippen molar-refractivity contribution < 1.29 is 13.2 Å². The lowest BCUT2D eigenvalue weighted by Gasteiger charge is -2.34. The van der Waals surface area contributed by atoms with Crippen LogP contribution in [0.15, 0.2) is 18.5 Å². The molecule has 0 unspecified atom stereocenters. The van der Waals surface area contributed by atoms with Gasteiger partial charge in [-0.2, -0.15) is 18.3 Å². The van der Waals surface area contributed by atoms with Crippen LogP contribution in [0.2, 0.25) is 0 Å². The molecule has 150 valence electrons. The summed E-state index contributed by atoms with van der Waals surface area (Å²) in [5.74, 6) is 1.08. The van der Waals surface area contributed by atoms with Crippen LogP contribution in [0, 0.1) is 0 Å². The maximum atomic E-state index is 12.8. The third-order valence-electron chi connectivity index (χ3n) is 5.25. The van der Waals surface area contributed by atoms with Gasteiger partial charge in [-0.1, -0.05) is 0 Å². The van der Waals surface area contributed by atoms with Crippen molar-refractivity contribution in [1.82, 2.24) is 25.1 Å². The third-order valence-corrected chi connectivity index (χ3v) is 5.25. The highest BCUT2D eigenvalue weighted by atomic mass is 19.4. The average molecular weight is 393 g/mol. The molecule has 2 aromatic rings. The van der Waals surface area contributed by atoms with Gasteiger partial charge in [-0.15, -0.1) is 5.10 Å². The summed E-state index contributed by atoms with van der Waals surface area (Å²) in [6, 6.07) is 3.13. The molecule has 0 amide bonds. The predicted octanol–water partition coefficient (Wildman–Crippen LogP) is 2.35. The molecule has 4 rings (SSSR count). The zero-order valence-corrected chi connectivity index (χ0v) is 15.6. The lowest BCUT2D eigenvalue weighted by atomic mass is 10.0. The number of aromatic nitrogens is 4. The summed E-state index contributed by atoms with van der Waals surface area (Å²) < 4.78 is 38.4. The van der Waals surface area contributed by atoms with E-state index in [4.69, 9.17) is 0 Å². The minimum absolute atomic E-state index is 0.0592. The molecule has 0 atom stereocenters. The first-order chi connectivity index (χ1) is 13.4. The molecule has 0 spiro atoms. The van der Waals surface area contributed by atoms with Crippen molar-refractivity contribution in [3.63, 3.8) is 0 Å². The summed E-state index contributed by atoms with van der Waals surface area (Å²) in [6.07, 6.45) is -1.04. The summed E-state index contributed by atoms with van der Waals surface area (Å²) in [7, 11) is 2.09. The number of alkyl halides is 3. The first-order valence-electron chi connectivity index (χ1n) is 9.33. The number of nitrogens with one attached hydrogen (secondary N) is 1. The van der Waals surface area contributed by atoms with Crippen LogP contribution in [0.25, 0.3) is 0 Å². The lowest BCUT2D eigenvalue weighted by molar-refractivity contribution is -0.141. The van der Waals surface area contributed by atoms with Gasteiger partial charge in [-0.05, 0) is 31.5 Å². The highest BCUT2D eigenvalue weighted by Crippen LogP contribution is 2.29. The van der Waals surface area contributed by atoms with E-state index in [1.807, 2.05) is 0 Å². The van der Waals surface area contributed by atoms with E-state index in [-0.39, 0.29) is 11.9 Å². The number of fused-ring (bicyclic) bond motifs is 1. The Labute approximate surface area is 161 Å². The van der Waals surface area contributed by atoms with Crippen LogP contribution in [0.5, 0.6) is 0 Å². The van der Waals surface area contributed by atoms with Crippen molar-refractivity contribution in [1.29, 1.82) is 0 Å². The molecule has 0 aliphatic carbocycles. The van der Waals surface area contributed by atoms with E-state index in [9.17, 15) is 13.2 Å². The highest BCUT2D eigenvalue weighted by Gasteiger charge is 2.33. The van der Waals surface area contributed by atoms with E-state index in [1.54, 1.807) is 0 Å². The third kappa shape index (κ3) is 4.16. The van der Waals surface area contributed by atoms with Crippen molar-refractivity contribution in [2.75, 3.05) is 36.9 Å². The molecule has 0 aromatic carbocycles. The van der Waals surface area contributed by atoms with Crippen molar-refractivity contribution in [2.24, 2.45) is 0 Å². The molecule has 0 radical (unpaired) electrons. The van der Waals surface area contributed by atoms with Crippen molar-refractivity contribution >= 4 is 11.6 Å². The van der Waals surface area contributed by atoms with Gasteiger partial charge >= 0.3 is 6.18 Å². The highest BCUT2D eigenvalue weighted by molar-refractivity contribution is 5.43. The Hall–Kier alpha value is -2.49. The topological polar surface area (TPSA) is 70.1 Å². The number of hydrogen-bond acceptors (Lipinski definition) is 7. The summed E-state index contributed by atoms with van der Waals surface area (Å²) in [6.45, 7) is 3.40. The monoisotopic (exact) mass is 393 g/mol. The van der Waals surface area contributed by atoms with E-state index < -0.39 is 11.9 Å². The predicted molar refractivity (Wildman–Crippen MR) is 98.0 cm³/mol. The largest absolute Gasteiger partial charge is 0.433 e. The Bertz CT molecular complexity index is 834. The molecule has 2 aromatic heterocycles. The van der Waals surface area contributed by atoms with E-state index in [0.29, 0.717) is 0 Å². The quantitative estimate of drug-likeness (QED) is 0.858. The normalized spacial score (nSPS) is 18.8. The van der Waals surface area contributed by atoms with Crippen LogP contribution >= 0.6 is 0 Å². The Morgan fingerprint density at radius 1 is 1.07 bits per heavy atom. The fraction of sp³-hybridized carbons (Fsp3) is 0.556.